The molecule has 0 atom stereocenters. The number of aromatic nitrogens is 1. The van der Waals surface area contributed by atoms with Gasteiger partial charge < -0.3 is 10.0 Å². The van der Waals surface area contributed by atoms with Gasteiger partial charge in [0.05, 0.1) is 0 Å². The first-order valence-electron chi connectivity index (χ1n) is 9.67. The van der Waals surface area contributed by atoms with Gasteiger partial charge in [0.1, 0.15) is 21.2 Å². The van der Waals surface area contributed by atoms with E-state index in [1.807, 2.05) is 44.2 Å². The van der Waals surface area contributed by atoms with Crippen molar-refractivity contribution in [2.24, 2.45) is 4.99 Å². The first-order valence-corrected chi connectivity index (χ1v) is 10.9. The maximum atomic E-state index is 12.0. The zero-order valence-corrected chi connectivity index (χ0v) is 18.0. The second-order valence-electron chi connectivity index (χ2n) is 7.29. The molecule has 1 aliphatic rings. The molecule has 1 saturated heterocycles. The van der Waals surface area contributed by atoms with E-state index in [-0.39, 0.29) is 4.88 Å². The highest BCUT2D eigenvalue weighted by Crippen LogP contribution is 2.43. The van der Waals surface area contributed by atoms with E-state index < -0.39 is 5.97 Å². The second-order valence-corrected chi connectivity index (χ2v) is 8.73. The smallest absolute Gasteiger partial charge is 0.348 e. The third-order valence-corrected chi connectivity index (χ3v) is 6.51. The van der Waals surface area contributed by atoms with Gasteiger partial charge >= 0.3 is 5.97 Å². The fraction of sp³-hybridized carbons (Fsp3) is 0.318. The molecule has 150 valence electrons. The van der Waals surface area contributed by atoms with Crippen LogP contribution in [0.1, 0.15) is 41.6 Å². The van der Waals surface area contributed by atoms with Gasteiger partial charge in [0.2, 0.25) is 0 Å². The Morgan fingerprint density at radius 3 is 2.55 bits per heavy atom. The van der Waals surface area contributed by atoms with Crippen LogP contribution in [0.4, 0.5) is 5.69 Å². The van der Waals surface area contributed by atoms with Gasteiger partial charge in [-0.05, 0) is 62.4 Å². The van der Waals surface area contributed by atoms with Crippen molar-refractivity contribution in [1.29, 1.82) is 0 Å². The number of aliphatic imine (C=N–C) groups is 1. The molecule has 0 saturated carbocycles. The maximum Gasteiger partial charge on any atom is 0.348 e. The average molecular weight is 428 g/mol. The maximum absolute atomic E-state index is 12.0. The molecule has 4 rings (SSSR count). The SMILES string of the molecule is CC(=Nc1c(C(=O)O)sc2nc(C)cc(-c3ccc(Cl)cc3)c12)N1CCCCC1. The molecule has 0 amide bonds. The summed E-state index contributed by atoms with van der Waals surface area (Å²) in [6, 6.07) is 9.55. The summed E-state index contributed by atoms with van der Waals surface area (Å²) in [5, 5.41) is 11.3. The largest absolute Gasteiger partial charge is 0.477 e. The van der Waals surface area contributed by atoms with Gasteiger partial charge in [0.15, 0.2) is 0 Å². The Kier molecular flexibility index (Phi) is 5.56. The number of likely N-dealkylation sites (tertiary alicyclic amines) is 1. The minimum absolute atomic E-state index is 0.227. The van der Waals surface area contributed by atoms with Crippen molar-refractivity contribution < 1.29 is 9.90 Å². The highest BCUT2D eigenvalue weighted by atomic mass is 35.5. The predicted octanol–water partition coefficient (Wildman–Crippen LogP) is 6.16. The summed E-state index contributed by atoms with van der Waals surface area (Å²) in [7, 11) is 0. The molecule has 0 aliphatic carbocycles. The molecular weight excluding hydrogens is 406 g/mol. The quantitative estimate of drug-likeness (QED) is 0.401. The number of carboxylic acid groups (broad SMARTS) is 1. The zero-order valence-electron chi connectivity index (χ0n) is 16.4. The Balaban J connectivity index is 1.95. The number of carboxylic acids is 1. The molecule has 0 radical (unpaired) electrons. The second kappa shape index (κ2) is 8.13. The first kappa shape index (κ1) is 19.9. The molecular formula is C22H22ClN3O2S. The van der Waals surface area contributed by atoms with Crippen molar-refractivity contribution >= 4 is 50.6 Å². The number of thiophene rings is 1. The predicted molar refractivity (Wildman–Crippen MR) is 120 cm³/mol. The number of hydrogen-bond acceptors (Lipinski definition) is 4. The van der Waals surface area contributed by atoms with E-state index in [2.05, 4.69) is 9.88 Å². The molecule has 0 bridgehead atoms. The summed E-state index contributed by atoms with van der Waals surface area (Å²) in [5.74, 6) is -0.118. The van der Waals surface area contributed by atoms with Crippen LogP contribution in [0, 0.1) is 6.92 Å². The van der Waals surface area contributed by atoms with Crippen LogP contribution in [-0.2, 0) is 0 Å². The summed E-state index contributed by atoms with van der Waals surface area (Å²) in [4.78, 5) is 24.6. The monoisotopic (exact) mass is 427 g/mol. The van der Waals surface area contributed by atoms with Gasteiger partial charge in [0.25, 0.3) is 0 Å². The Hall–Kier alpha value is -2.44. The molecule has 1 N–H and O–H groups in total. The van der Waals surface area contributed by atoms with Crippen LogP contribution in [0.15, 0.2) is 35.3 Å². The third-order valence-electron chi connectivity index (χ3n) is 5.20. The van der Waals surface area contributed by atoms with Crippen molar-refractivity contribution in [2.45, 2.75) is 33.1 Å². The number of halogens is 1. The Morgan fingerprint density at radius 1 is 1.21 bits per heavy atom. The van der Waals surface area contributed by atoms with E-state index in [0.717, 1.165) is 54.0 Å². The van der Waals surface area contributed by atoms with E-state index in [1.54, 1.807) is 0 Å². The number of carbonyl (C=O) groups is 1. The number of aromatic carboxylic acids is 1. The van der Waals surface area contributed by atoms with E-state index in [1.165, 1.54) is 17.8 Å². The van der Waals surface area contributed by atoms with Gasteiger partial charge in [-0.25, -0.2) is 14.8 Å². The van der Waals surface area contributed by atoms with Gasteiger partial charge in [-0.1, -0.05) is 23.7 Å². The van der Waals surface area contributed by atoms with Crippen LogP contribution in [0.3, 0.4) is 0 Å². The van der Waals surface area contributed by atoms with Crippen LogP contribution in [0.2, 0.25) is 5.02 Å². The summed E-state index contributed by atoms with van der Waals surface area (Å²) in [6.45, 7) is 5.80. The van der Waals surface area contributed by atoms with Crippen LogP contribution in [0.5, 0.6) is 0 Å². The topological polar surface area (TPSA) is 65.8 Å². The summed E-state index contributed by atoms with van der Waals surface area (Å²) < 4.78 is 0. The highest BCUT2D eigenvalue weighted by Gasteiger charge is 2.23. The summed E-state index contributed by atoms with van der Waals surface area (Å²) >= 11 is 7.25. The molecule has 7 heteroatoms. The molecule has 0 unspecified atom stereocenters. The van der Waals surface area contributed by atoms with Crippen molar-refractivity contribution in [3.63, 3.8) is 0 Å². The molecule has 1 aliphatic heterocycles. The van der Waals surface area contributed by atoms with Crippen molar-refractivity contribution in [3.8, 4) is 11.1 Å². The van der Waals surface area contributed by atoms with Crippen molar-refractivity contribution in [3.05, 3.63) is 45.9 Å². The number of hydrogen-bond donors (Lipinski definition) is 1. The summed E-state index contributed by atoms with van der Waals surface area (Å²) in [5.41, 5.74) is 3.23. The number of amidine groups is 1. The molecule has 0 spiro atoms. The lowest BCUT2D eigenvalue weighted by molar-refractivity contribution is 0.0703. The highest BCUT2D eigenvalue weighted by molar-refractivity contribution is 7.21. The number of rotatable bonds is 3. The minimum Gasteiger partial charge on any atom is -0.477 e. The zero-order chi connectivity index (χ0) is 20.5. The molecule has 29 heavy (non-hydrogen) atoms. The van der Waals surface area contributed by atoms with Crippen molar-refractivity contribution in [1.82, 2.24) is 9.88 Å². The molecule has 1 fully saturated rings. The molecule has 1 aromatic carbocycles. The number of benzene rings is 1. The van der Waals surface area contributed by atoms with Gasteiger partial charge in [-0.2, -0.15) is 0 Å². The summed E-state index contributed by atoms with van der Waals surface area (Å²) in [6.07, 6.45) is 3.51. The number of piperidine rings is 1. The third kappa shape index (κ3) is 4.00. The van der Waals surface area contributed by atoms with Crippen LogP contribution < -0.4 is 0 Å². The number of pyridine rings is 1. The van der Waals surface area contributed by atoms with Crippen LogP contribution >= 0.6 is 22.9 Å². The Bertz CT molecular complexity index is 1100. The number of nitrogens with zero attached hydrogens (tertiary/aromatic N) is 3. The number of aryl methyl sites for hydroxylation is 1. The molecule has 3 aromatic rings. The van der Waals surface area contributed by atoms with Gasteiger partial charge in [0, 0.05) is 29.2 Å². The van der Waals surface area contributed by atoms with E-state index >= 15 is 0 Å². The van der Waals surface area contributed by atoms with Crippen LogP contribution in [-0.4, -0.2) is 39.9 Å². The minimum atomic E-state index is -0.974. The van der Waals surface area contributed by atoms with E-state index in [9.17, 15) is 9.90 Å². The molecule has 2 aromatic heterocycles. The lowest BCUT2D eigenvalue weighted by Crippen LogP contribution is -2.33. The van der Waals surface area contributed by atoms with Crippen LogP contribution in [0.25, 0.3) is 21.3 Å². The first-order chi connectivity index (χ1) is 13.9. The average Bonchev–Trinajstić information content (AvgIpc) is 3.07. The Labute approximate surface area is 178 Å². The fourth-order valence-electron chi connectivity index (χ4n) is 3.76. The van der Waals surface area contributed by atoms with Crippen molar-refractivity contribution in [2.75, 3.05) is 13.1 Å². The van der Waals surface area contributed by atoms with E-state index in [0.29, 0.717) is 15.5 Å². The van der Waals surface area contributed by atoms with Gasteiger partial charge in [-0.3, -0.25) is 0 Å². The molecule has 5 nitrogen and oxygen atoms in total. The lowest BCUT2D eigenvalue weighted by Gasteiger charge is -2.28. The molecule has 3 heterocycles. The standard InChI is InChI=1S/C22H22ClN3O2S/c1-13-12-17(15-6-8-16(23)9-7-15)18-19(20(22(27)28)29-21(18)24-13)25-14(2)26-10-4-3-5-11-26/h6-9,12H,3-5,10-11H2,1-2H3,(H,27,28). The normalized spacial score (nSPS) is 15.1. The fourth-order valence-corrected chi connectivity index (χ4v) is 4.91. The van der Waals surface area contributed by atoms with Gasteiger partial charge in [-0.15, -0.1) is 11.3 Å². The lowest BCUT2D eigenvalue weighted by atomic mass is 10.0. The van der Waals surface area contributed by atoms with E-state index in [4.69, 9.17) is 16.6 Å². The Morgan fingerprint density at radius 2 is 1.90 bits per heavy atom. The number of fused-ring (bicyclic) bond motifs is 1.